The number of nitrogens with zero attached hydrogens (tertiary/aromatic N) is 1. The lowest BCUT2D eigenvalue weighted by atomic mass is 10.2. The van der Waals surface area contributed by atoms with E-state index in [1.54, 1.807) is 34.9 Å². The van der Waals surface area contributed by atoms with Gasteiger partial charge in [-0.1, -0.05) is 18.2 Å². The number of amides is 2. The Hall–Kier alpha value is -2.67. The third kappa shape index (κ3) is 4.11. The number of hydrogen-bond acceptors (Lipinski definition) is 5. The highest BCUT2D eigenvalue weighted by Gasteiger charge is 2.25. The highest BCUT2D eigenvalue weighted by Crippen LogP contribution is 2.28. The lowest BCUT2D eigenvalue weighted by Gasteiger charge is -2.20. The fourth-order valence-electron chi connectivity index (χ4n) is 2.71. The summed E-state index contributed by atoms with van der Waals surface area (Å²) < 4.78 is 10.4. The summed E-state index contributed by atoms with van der Waals surface area (Å²) in [5.74, 6) is 0.594. The molecule has 1 aliphatic heterocycles. The van der Waals surface area contributed by atoms with Crippen LogP contribution in [0.1, 0.15) is 5.56 Å². The predicted molar refractivity (Wildman–Crippen MR) is 101 cm³/mol. The number of thioether (sulfide) groups is 1. The van der Waals surface area contributed by atoms with Crippen molar-refractivity contribution in [2.24, 2.45) is 0 Å². The van der Waals surface area contributed by atoms with E-state index in [9.17, 15) is 9.59 Å². The van der Waals surface area contributed by atoms with Crippen molar-refractivity contribution in [1.29, 1.82) is 0 Å². The third-order valence-corrected chi connectivity index (χ3v) is 5.14. The van der Waals surface area contributed by atoms with E-state index in [1.165, 1.54) is 14.2 Å². The summed E-state index contributed by atoms with van der Waals surface area (Å²) in [4.78, 5) is 27.8. The molecule has 0 aliphatic carbocycles. The normalized spacial score (nSPS) is 13.4. The van der Waals surface area contributed by atoms with Crippen molar-refractivity contribution in [2.45, 2.75) is 11.4 Å². The monoisotopic (exact) mass is 372 g/mol. The number of ether oxygens (including phenoxy) is 2. The Labute approximate surface area is 156 Å². The van der Waals surface area contributed by atoms with Crippen LogP contribution in [0.15, 0.2) is 47.4 Å². The maximum Gasteiger partial charge on any atom is 0.313 e. The first kappa shape index (κ1) is 18.1. The molecule has 0 bridgehead atoms. The topological polar surface area (TPSA) is 67.9 Å². The van der Waals surface area contributed by atoms with Crippen LogP contribution in [0.3, 0.4) is 0 Å². The van der Waals surface area contributed by atoms with Crippen molar-refractivity contribution in [3.05, 3.63) is 48.0 Å². The van der Waals surface area contributed by atoms with Gasteiger partial charge in [-0.05, 0) is 11.6 Å². The van der Waals surface area contributed by atoms with Gasteiger partial charge in [-0.15, -0.1) is 11.8 Å². The van der Waals surface area contributed by atoms with Crippen molar-refractivity contribution < 1.29 is 19.1 Å². The Morgan fingerprint density at radius 3 is 2.46 bits per heavy atom. The molecule has 0 saturated heterocycles. The SMILES string of the molecule is COc1cc(NC(=O)C(=O)N2CCSc3ccccc3C2)cc(OC)c1. The van der Waals surface area contributed by atoms with E-state index < -0.39 is 11.8 Å². The van der Waals surface area contributed by atoms with E-state index in [4.69, 9.17) is 9.47 Å². The standard InChI is InChI=1S/C19H20N2O4S/c1-24-15-9-14(10-16(11-15)25-2)20-18(22)19(23)21-7-8-26-17-6-4-3-5-13(17)12-21/h3-6,9-11H,7-8,12H2,1-2H3,(H,20,22). The zero-order valence-corrected chi connectivity index (χ0v) is 15.5. The van der Waals surface area contributed by atoms with E-state index in [-0.39, 0.29) is 0 Å². The Balaban J connectivity index is 1.73. The molecule has 26 heavy (non-hydrogen) atoms. The number of benzene rings is 2. The number of hydrogen-bond donors (Lipinski definition) is 1. The molecule has 0 saturated carbocycles. The minimum atomic E-state index is -0.676. The molecule has 2 aromatic carbocycles. The van der Waals surface area contributed by atoms with Gasteiger partial charge in [0, 0.05) is 47.6 Å². The average Bonchev–Trinajstić information content (AvgIpc) is 2.89. The molecule has 0 spiro atoms. The maximum atomic E-state index is 12.6. The Kier molecular flexibility index (Phi) is 5.68. The Morgan fingerprint density at radius 1 is 1.08 bits per heavy atom. The molecule has 0 radical (unpaired) electrons. The second-order valence-electron chi connectivity index (χ2n) is 5.74. The van der Waals surface area contributed by atoms with E-state index in [2.05, 4.69) is 5.32 Å². The van der Waals surface area contributed by atoms with Gasteiger partial charge in [-0.25, -0.2) is 0 Å². The molecular formula is C19H20N2O4S. The van der Waals surface area contributed by atoms with Crippen molar-refractivity contribution in [1.82, 2.24) is 4.90 Å². The molecule has 2 aromatic rings. The molecule has 0 unspecified atom stereocenters. The number of fused-ring (bicyclic) bond motifs is 1. The second-order valence-corrected chi connectivity index (χ2v) is 6.88. The molecule has 7 heteroatoms. The fourth-order valence-corrected chi connectivity index (χ4v) is 3.73. The van der Waals surface area contributed by atoms with Gasteiger partial charge in [0.1, 0.15) is 11.5 Å². The number of nitrogens with one attached hydrogen (secondary N) is 1. The Bertz CT molecular complexity index is 803. The fraction of sp³-hybridized carbons (Fsp3) is 0.263. The lowest BCUT2D eigenvalue weighted by Crippen LogP contribution is -2.40. The van der Waals surface area contributed by atoms with Crippen molar-refractivity contribution in [2.75, 3.05) is 31.8 Å². The largest absolute Gasteiger partial charge is 0.497 e. The second kappa shape index (κ2) is 8.14. The van der Waals surface area contributed by atoms with Gasteiger partial charge < -0.3 is 19.7 Å². The molecule has 1 aliphatic rings. The zero-order chi connectivity index (χ0) is 18.5. The van der Waals surface area contributed by atoms with Gasteiger partial charge in [-0.2, -0.15) is 0 Å². The quantitative estimate of drug-likeness (QED) is 0.839. The van der Waals surface area contributed by atoms with Crippen LogP contribution in [-0.2, 0) is 16.1 Å². The van der Waals surface area contributed by atoms with E-state index in [1.807, 2.05) is 24.3 Å². The van der Waals surface area contributed by atoms with Crippen LogP contribution in [-0.4, -0.2) is 43.2 Å². The van der Waals surface area contributed by atoms with Crippen LogP contribution in [0, 0.1) is 0 Å². The van der Waals surface area contributed by atoms with E-state index >= 15 is 0 Å². The number of anilines is 1. The molecule has 6 nitrogen and oxygen atoms in total. The van der Waals surface area contributed by atoms with Crippen LogP contribution < -0.4 is 14.8 Å². The van der Waals surface area contributed by atoms with E-state index in [0.29, 0.717) is 30.3 Å². The summed E-state index contributed by atoms with van der Waals surface area (Å²) >= 11 is 1.70. The molecule has 1 N–H and O–H groups in total. The van der Waals surface area contributed by atoms with Gasteiger partial charge in [0.05, 0.1) is 14.2 Å². The minimum absolute atomic E-state index is 0.427. The van der Waals surface area contributed by atoms with Crippen LogP contribution in [0.4, 0.5) is 5.69 Å². The van der Waals surface area contributed by atoms with Crippen LogP contribution in [0.25, 0.3) is 0 Å². The molecule has 0 aromatic heterocycles. The number of rotatable bonds is 3. The van der Waals surface area contributed by atoms with Crippen LogP contribution in [0.5, 0.6) is 11.5 Å². The molecule has 0 atom stereocenters. The molecule has 1 heterocycles. The first-order valence-corrected chi connectivity index (χ1v) is 9.13. The maximum absolute atomic E-state index is 12.6. The summed E-state index contributed by atoms with van der Waals surface area (Å²) in [6, 6.07) is 12.9. The van der Waals surface area contributed by atoms with Gasteiger partial charge in [0.15, 0.2) is 0 Å². The molecular weight excluding hydrogens is 352 g/mol. The van der Waals surface area contributed by atoms with Crippen molar-refractivity contribution >= 4 is 29.3 Å². The summed E-state index contributed by atoms with van der Waals surface area (Å²) in [6.07, 6.45) is 0. The van der Waals surface area contributed by atoms with Crippen LogP contribution in [0.2, 0.25) is 0 Å². The Morgan fingerprint density at radius 2 is 1.77 bits per heavy atom. The van der Waals surface area contributed by atoms with Gasteiger partial charge in [0.25, 0.3) is 0 Å². The summed E-state index contributed by atoms with van der Waals surface area (Å²) in [5, 5.41) is 2.64. The lowest BCUT2D eigenvalue weighted by molar-refractivity contribution is -0.143. The predicted octanol–water partition coefficient (Wildman–Crippen LogP) is 2.78. The molecule has 2 amide bonds. The molecule has 0 fully saturated rings. The summed E-state index contributed by atoms with van der Waals surface area (Å²) in [5.41, 5.74) is 1.50. The van der Waals surface area contributed by atoms with Gasteiger partial charge >= 0.3 is 11.8 Å². The number of carbonyl (C=O) groups excluding carboxylic acids is 2. The minimum Gasteiger partial charge on any atom is -0.497 e. The zero-order valence-electron chi connectivity index (χ0n) is 14.7. The van der Waals surface area contributed by atoms with Crippen LogP contribution >= 0.6 is 11.8 Å². The number of methoxy groups -OCH3 is 2. The first-order chi connectivity index (χ1) is 12.6. The average molecular weight is 372 g/mol. The molecule has 136 valence electrons. The van der Waals surface area contributed by atoms with Gasteiger partial charge in [0.2, 0.25) is 0 Å². The van der Waals surface area contributed by atoms with Crippen molar-refractivity contribution in [3.63, 3.8) is 0 Å². The smallest absolute Gasteiger partial charge is 0.313 e. The first-order valence-electron chi connectivity index (χ1n) is 8.14. The third-order valence-electron chi connectivity index (χ3n) is 4.04. The summed E-state index contributed by atoms with van der Waals surface area (Å²) in [7, 11) is 3.05. The van der Waals surface area contributed by atoms with Crippen molar-refractivity contribution in [3.8, 4) is 11.5 Å². The highest BCUT2D eigenvalue weighted by molar-refractivity contribution is 7.99. The van der Waals surface area contributed by atoms with Gasteiger partial charge in [-0.3, -0.25) is 9.59 Å². The summed E-state index contributed by atoms with van der Waals surface area (Å²) in [6.45, 7) is 0.948. The molecule has 3 rings (SSSR count). The van der Waals surface area contributed by atoms with E-state index in [0.717, 1.165) is 16.2 Å². The number of carbonyl (C=O) groups is 2. The highest BCUT2D eigenvalue weighted by atomic mass is 32.2.